The Morgan fingerprint density at radius 2 is 0.433 bits per heavy atom. The average Bonchev–Trinajstić information content (AvgIpc) is 3.33. The number of rotatable bonds is 10. The van der Waals surface area contributed by atoms with Gasteiger partial charge in [-0.1, -0.05) is 182 Å². The Labute approximate surface area is 352 Å². The zero-order chi connectivity index (χ0) is 40.1. The van der Waals surface area contributed by atoms with E-state index in [4.69, 9.17) is 0 Å². The van der Waals surface area contributed by atoms with Crippen molar-refractivity contribution in [2.24, 2.45) is 0 Å². The fourth-order valence-electron chi connectivity index (χ4n) is 8.32. The molecule has 0 bridgehead atoms. The second kappa shape index (κ2) is 16.5. The second-order valence-corrected chi connectivity index (χ2v) is 15.0. The van der Waals surface area contributed by atoms with Crippen LogP contribution in [0.1, 0.15) is 0 Å². The number of nitrogens with zero attached hydrogens (tertiary/aromatic N) is 2. The minimum absolute atomic E-state index is 1.12. The van der Waals surface area contributed by atoms with Crippen LogP contribution in [-0.4, -0.2) is 0 Å². The molecule has 0 atom stereocenters. The summed E-state index contributed by atoms with van der Waals surface area (Å²) in [6.07, 6.45) is 0. The first-order valence-electron chi connectivity index (χ1n) is 20.5. The zero-order valence-electron chi connectivity index (χ0n) is 33.1. The minimum Gasteiger partial charge on any atom is -0.311 e. The van der Waals surface area contributed by atoms with Crippen LogP contribution in [-0.2, 0) is 0 Å². The summed E-state index contributed by atoms with van der Waals surface area (Å²) in [7, 11) is 0. The van der Waals surface area contributed by atoms with E-state index in [1.807, 2.05) is 0 Å². The molecule has 10 aromatic carbocycles. The molecule has 0 heterocycles. The Morgan fingerprint density at radius 3 is 0.733 bits per heavy atom. The number of fused-ring (bicyclic) bond motifs is 1. The number of anilines is 6. The summed E-state index contributed by atoms with van der Waals surface area (Å²) in [5, 5.41) is 2.49. The van der Waals surface area contributed by atoms with Crippen molar-refractivity contribution in [1.82, 2.24) is 0 Å². The number of hydrogen-bond acceptors (Lipinski definition) is 2. The first kappa shape index (κ1) is 36.4. The van der Waals surface area contributed by atoms with Crippen LogP contribution < -0.4 is 9.80 Å². The summed E-state index contributed by atoms with van der Waals surface area (Å²) in [6, 6.07) is 91.2. The molecule has 0 saturated heterocycles. The van der Waals surface area contributed by atoms with E-state index < -0.39 is 0 Å². The fourth-order valence-corrected chi connectivity index (χ4v) is 8.32. The zero-order valence-corrected chi connectivity index (χ0v) is 33.1. The van der Waals surface area contributed by atoms with Gasteiger partial charge >= 0.3 is 0 Å². The van der Waals surface area contributed by atoms with E-state index in [0.717, 1.165) is 34.1 Å². The predicted molar refractivity (Wildman–Crippen MR) is 255 cm³/mol. The Hall–Kier alpha value is -7.94. The summed E-state index contributed by atoms with van der Waals surface area (Å²) in [5.41, 5.74) is 16.4. The van der Waals surface area contributed by atoms with Gasteiger partial charge in [-0.3, -0.25) is 0 Å². The molecule has 0 aliphatic rings. The molecule has 0 aromatic heterocycles. The van der Waals surface area contributed by atoms with E-state index in [9.17, 15) is 0 Å². The highest BCUT2D eigenvalue weighted by atomic mass is 15.1. The topological polar surface area (TPSA) is 6.48 Å². The van der Waals surface area contributed by atoms with Crippen molar-refractivity contribution in [3.8, 4) is 44.5 Å². The summed E-state index contributed by atoms with van der Waals surface area (Å²) >= 11 is 0. The Kier molecular flexibility index (Phi) is 10.0. The van der Waals surface area contributed by atoms with Gasteiger partial charge in [-0.2, -0.15) is 0 Å². The highest BCUT2D eigenvalue weighted by molar-refractivity contribution is 6.06. The van der Waals surface area contributed by atoms with Gasteiger partial charge in [-0.05, 0) is 128 Å². The largest absolute Gasteiger partial charge is 0.311 e. The van der Waals surface area contributed by atoms with Crippen LogP contribution >= 0.6 is 0 Å². The lowest BCUT2D eigenvalue weighted by molar-refractivity contribution is 1.28. The quantitative estimate of drug-likeness (QED) is 0.137. The van der Waals surface area contributed by atoms with Crippen LogP contribution in [0.25, 0.3) is 55.3 Å². The van der Waals surface area contributed by atoms with Crippen molar-refractivity contribution in [2.45, 2.75) is 0 Å². The van der Waals surface area contributed by atoms with E-state index in [2.05, 4.69) is 265 Å². The highest BCUT2D eigenvalue weighted by Gasteiger charge is 2.15. The predicted octanol–water partition coefficient (Wildman–Crippen LogP) is 16.4. The van der Waals surface area contributed by atoms with Crippen LogP contribution in [0.5, 0.6) is 0 Å². The van der Waals surface area contributed by atoms with E-state index in [1.54, 1.807) is 0 Å². The minimum atomic E-state index is 1.12. The maximum absolute atomic E-state index is 2.29. The third-order valence-electron chi connectivity index (χ3n) is 11.3. The van der Waals surface area contributed by atoms with Crippen molar-refractivity contribution in [3.05, 3.63) is 255 Å². The molecule has 0 fully saturated rings. The molecule has 2 nitrogen and oxygen atoms in total. The van der Waals surface area contributed by atoms with Crippen molar-refractivity contribution in [1.29, 1.82) is 0 Å². The number of hydrogen-bond donors (Lipinski definition) is 0. The van der Waals surface area contributed by atoms with Crippen molar-refractivity contribution in [3.63, 3.8) is 0 Å². The maximum atomic E-state index is 2.29. The molecule has 10 aromatic rings. The molecule has 0 aliphatic carbocycles. The third kappa shape index (κ3) is 7.35. The first-order chi connectivity index (χ1) is 29.8. The summed E-state index contributed by atoms with van der Waals surface area (Å²) < 4.78 is 0. The molecule has 0 amide bonds. The number of para-hydroxylation sites is 4. The molecule has 10 rings (SSSR count). The molecule has 0 unspecified atom stereocenters. The number of benzene rings is 10. The molecule has 284 valence electrons. The maximum Gasteiger partial charge on any atom is 0.0462 e. The van der Waals surface area contributed by atoms with Crippen molar-refractivity contribution in [2.75, 3.05) is 9.80 Å². The fraction of sp³-hybridized carbons (Fsp3) is 0. The van der Waals surface area contributed by atoms with Gasteiger partial charge < -0.3 is 9.80 Å². The first-order valence-corrected chi connectivity index (χ1v) is 20.5. The lowest BCUT2D eigenvalue weighted by Crippen LogP contribution is -2.09. The molecular weight excluding hydrogens is 725 g/mol. The van der Waals surface area contributed by atoms with E-state index in [1.165, 1.54) is 55.3 Å². The van der Waals surface area contributed by atoms with Gasteiger partial charge in [0.05, 0.1) is 0 Å². The molecule has 2 heteroatoms. The molecule has 0 aliphatic heterocycles. The van der Waals surface area contributed by atoms with Gasteiger partial charge in [0, 0.05) is 34.1 Å². The van der Waals surface area contributed by atoms with E-state index in [0.29, 0.717) is 0 Å². The summed E-state index contributed by atoms with van der Waals surface area (Å²) in [6.45, 7) is 0. The Bertz CT molecular complexity index is 2680. The normalized spacial score (nSPS) is 11.0. The van der Waals surface area contributed by atoms with E-state index in [-0.39, 0.29) is 0 Å². The smallest absolute Gasteiger partial charge is 0.0462 e. The molecule has 60 heavy (non-hydrogen) atoms. The molecular formula is C58H42N2. The lowest BCUT2D eigenvalue weighted by Gasteiger charge is -2.25. The van der Waals surface area contributed by atoms with Crippen LogP contribution in [0, 0.1) is 0 Å². The van der Waals surface area contributed by atoms with Crippen molar-refractivity contribution >= 4 is 44.9 Å². The summed E-state index contributed by atoms with van der Waals surface area (Å²) in [4.78, 5) is 4.59. The van der Waals surface area contributed by atoms with Gasteiger partial charge in [0.15, 0.2) is 0 Å². The third-order valence-corrected chi connectivity index (χ3v) is 11.3. The molecule has 0 saturated carbocycles. The van der Waals surface area contributed by atoms with Gasteiger partial charge in [0.1, 0.15) is 0 Å². The van der Waals surface area contributed by atoms with Crippen LogP contribution in [0.3, 0.4) is 0 Å². The standard InChI is InChI=1S/C58H42N2/c1-5-17-50(18-6-1)59(51-19-7-2-8-20-51)54-39-35-45(36-40-54)43-27-31-47(32-28-43)56-25-13-15-49-16-14-26-57(58(49)56)48-33-29-44(30-34-48)46-37-41-55(42-38-46)60(52-21-9-3-10-22-52)53-23-11-4-12-24-53/h1-42H. The van der Waals surface area contributed by atoms with Crippen LogP contribution in [0.4, 0.5) is 34.1 Å². The lowest BCUT2D eigenvalue weighted by atomic mass is 9.90. The molecule has 0 N–H and O–H groups in total. The second-order valence-electron chi connectivity index (χ2n) is 15.0. The van der Waals surface area contributed by atoms with Crippen molar-refractivity contribution < 1.29 is 0 Å². The Morgan fingerprint density at radius 1 is 0.183 bits per heavy atom. The molecule has 0 radical (unpaired) electrons. The Balaban J connectivity index is 0.916. The van der Waals surface area contributed by atoms with Crippen LogP contribution in [0.2, 0.25) is 0 Å². The van der Waals surface area contributed by atoms with Crippen LogP contribution in [0.15, 0.2) is 255 Å². The highest BCUT2D eigenvalue weighted by Crippen LogP contribution is 2.40. The van der Waals surface area contributed by atoms with Gasteiger partial charge in [-0.25, -0.2) is 0 Å². The average molecular weight is 767 g/mol. The van der Waals surface area contributed by atoms with Gasteiger partial charge in [0.2, 0.25) is 0 Å². The van der Waals surface area contributed by atoms with Gasteiger partial charge in [-0.15, -0.1) is 0 Å². The molecule has 0 spiro atoms. The summed E-state index contributed by atoms with van der Waals surface area (Å²) in [5.74, 6) is 0. The van der Waals surface area contributed by atoms with E-state index >= 15 is 0 Å². The monoisotopic (exact) mass is 766 g/mol. The SMILES string of the molecule is c1ccc(N(c2ccccc2)c2ccc(-c3ccc(-c4cccc5cccc(-c6ccc(-c7ccc(N(c8ccccc8)c8ccccc8)cc7)cc6)c45)cc3)cc2)cc1. The van der Waals surface area contributed by atoms with Gasteiger partial charge in [0.25, 0.3) is 0 Å².